The predicted octanol–water partition coefficient (Wildman–Crippen LogP) is 4.54. The Morgan fingerprint density at radius 2 is 1.86 bits per heavy atom. The van der Waals surface area contributed by atoms with Crippen LogP contribution in [0.3, 0.4) is 0 Å². The molecule has 0 radical (unpaired) electrons. The molecule has 120 valence electrons. The molecule has 0 aromatic carbocycles. The lowest BCUT2D eigenvalue weighted by Gasteiger charge is -2.22. The molecule has 22 heavy (non-hydrogen) atoms. The summed E-state index contributed by atoms with van der Waals surface area (Å²) in [4.78, 5) is 12.3. The third kappa shape index (κ3) is 3.61. The number of nitrogens with one attached hydrogen (secondary N) is 1. The van der Waals surface area contributed by atoms with E-state index in [1.807, 2.05) is 10.7 Å². The minimum Gasteiger partial charge on any atom is -0.457 e. The van der Waals surface area contributed by atoms with Gasteiger partial charge in [0, 0.05) is 17.5 Å². The molecule has 1 N–H and O–H groups in total. The predicted molar refractivity (Wildman–Crippen MR) is 90.3 cm³/mol. The molecule has 0 spiro atoms. The van der Waals surface area contributed by atoms with Gasteiger partial charge >= 0.3 is 0 Å². The first kappa shape index (κ1) is 16.8. The molecule has 2 rings (SSSR count). The van der Waals surface area contributed by atoms with Crippen molar-refractivity contribution in [3.63, 3.8) is 0 Å². The second kappa shape index (κ2) is 5.57. The highest BCUT2D eigenvalue weighted by atomic mass is 79.9. The molecule has 1 amide bonds. The molecule has 0 aliphatic heterocycles. The molecule has 5 nitrogen and oxygen atoms in total. The zero-order valence-electron chi connectivity index (χ0n) is 13.8. The van der Waals surface area contributed by atoms with Crippen LogP contribution in [0.15, 0.2) is 27.5 Å². The number of hydrogen-bond donors (Lipinski definition) is 1. The first-order valence-corrected chi connectivity index (χ1v) is 7.94. The van der Waals surface area contributed by atoms with Crippen molar-refractivity contribution in [3.05, 3.63) is 34.3 Å². The third-order valence-corrected chi connectivity index (χ3v) is 3.60. The highest BCUT2D eigenvalue weighted by molar-refractivity contribution is 9.10. The number of carbonyl (C=O) groups excluding carboxylic acids is 1. The van der Waals surface area contributed by atoms with Crippen molar-refractivity contribution < 1.29 is 9.21 Å². The van der Waals surface area contributed by atoms with Gasteiger partial charge in [-0.15, -0.1) is 0 Å². The van der Waals surface area contributed by atoms with Gasteiger partial charge in [0.05, 0.1) is 16.8 Å². The summed E-state index contributed by atoms with van der Waals surface area (Å²) in [5, 5.41) is 7.59. The Kier molecular flexibility index (Phi) is 4.26. The summed E-state index contributed by atoms with van der Waals surface area (Å²) in [5.41, 5.74) is 1.08. The number of amides is 1. The molecular weight excluding hydrogens is 346 g/mol. The quantitative estimate of drug-likeness (QED) is 0.846. The number of halogens is 1. The molecule has 0 bridgehead atoms. The van der Waals surface area contributed by atoms with Crippen LogP contribution in [0.25, 0.3) is 0 Å². The number of furan rings is 1. The average molecular weight is 368 g/mol. The van der Waals surface area contributed by atoms with Crippen LogP contribution in [-0.2, 0) is 11.0 Å². The van der Waals surface area contributed by atoms with Crippen molar-refractivity contribution in [1.82, 2.24) is 9.78 Å². The minimum atomic E-state index is -0.233. The Morgan fingerprint density at radius 1 is 1.23 bits per heavy atom. The Bertz CT molecular complexity index is 687. The molecule has 6 heteroatoms. The van der Waals surface area contributed by atoms with E-state index >= 15 is 0 Å². The van der Waals surface area contributed by atoms with E-state index in [2.05, 4.69) is 67.9 Å². The largest absolute Gasteiger partial charge is 0.457 e. The van der Waals surface area contributed by atoms with Crippen molar-refractivity contribution in [3.8, 4) is 0 Å². The first-order chi connectivity index (χ1) is 9.98. The summed E-state index contributed by atoms with van der Waals surface area (Å²) >= 11 is 3.20. The average Bonchev–Trinajstić information content (AvgIpc) is 2.93. The van der Waals surface area contributed by atoms with Crippen LogP contribution in [-0.4, -0.2) is 15.7 Å². The number of rotatable bonds is 2. The van der Waals surface area contributed by atoms with Crippen molar-refractivity contribution in [2.24, 2.45) is 0 Å². The van der Waals surface area contributed by atoms with Gasteiger partial charge in [0.2, 0.25) is 0 Å². The Labute approximate surface area is 139 Å². The zero-order valence-corrected chi connectivity index (χ0v) is 15.4. The Morgan fingerprint density at radius 3 is 2.32 bits per heavy atom. The Balaban J connectivity index is 2.37. The Hall–Kier alpha value is -1.56. The number of hydrogen-bond acceptors (Lipinski definition) is 3. The van der Waals surface area contributed by atoms with Crippen molar-refractivity contribution in [2.75, 3.05) is 5.32 Å². The highest BCUT2D eigenvalue weighted by Crippen LogP contribution is 2.28. The summed E-state index contributed by atoms with van der Waals surface area (Å²) in [6.07, 6.45) is 1.42. The number of anilines is 1. The number of aromatic nitrogens is 2. The summed E-state index contributed by atoms with van der Waals surface area (Å²) in [5.74, 6) is 0.458. The fraction of sp³-hybridized carbons (Fsp3) is 0.500. The van der Waals surface area contributed by atoms with Crippen LogP contribution in [0, 0.1) is 0 Å². The van der Waals surface area contributed by atoms with Gasteiger partial charge in [-0.05, 0) is 36.7 Å². The van der Waals surface area contributed by atoms with Crippen LogP contribution in [0.4, 0.5) is 5.82 Å². The molecule has 0 unspecified atom stereocenters. The summed E-state index contributed by atoms with van der Waals surface area (Å²) in [6, 6.07) is 3.57. The SMILES string of the molecule is CC(C)(C)c1cc(NC(=O)c2coc(Br)c2)n(C(C)(C)C)n1. The molecule has 0 aliphatic carbocycles. The van der Waals surface area contributed by atoms with E-state index in [1.54, 1.807) is 6.07 Å². The zero-order chi connectivity index (χ0) is 16.7. The van der Waals surface area contributed by atoms with Crippen LogP contribution >= 0.6 is 15.9 Å². The normalized spacial score (nSPS) is 12.5. The van der Waals surface area contributed by atoms with E-state index in [4.69, 9.17) is 4.42 Å². The van der Waals surface area contributed by atoms with Gasteiger partial charge in [-0.3, -0.25) is 4.79 Å². The number of carbonyl (C=O) groups is 1. The molecule has 0 atom stereocenters. The van der Waals surface area contributed by atoms with E-state index in [0.717, 1.165) is 5.69 Å². The molecule has 0 saturated carbocycles. The summed E-state index contributed by atoms with van der Waals surface area (Å²) in [6.45, 7) is 12.5. The molecule has 2 aromatic rings. The third-order valence-electron chi connectivity index (χ3n) is 3.18. The lowest BCUT2D eigenvalue weighted by Crippen LogP contribution is -2.27. The second-order valence-electron chi connectivity index (χ2n) is 7.34. The second-order valence-corrected chi connectivity index (χ2v) is 8.12. The molecule has 0 fully saturated rings. The first-order valence-electron chi connectivity index (χ1n) is 7.15. The van der Waals surface area contributed by atoms with E-state index in [1.165, 1.54) is 6.26 Å². The summed E-state index contributed by atoms with van der Waals surface area (Å²) in [7, 11) is 0. The molecule has 2 heterocycles. The van der Waals surface area contributed by atoms with Crippen molar-refractivity contribution >= 4 is 27.7 Å². The maximum absolute atomic E-state index is 12.3. The van der Waals surface area contributed by atoms with Crippen molar-refractivity contribution in [1.29, 1.82) is 0 Å². The van der Waals surface area contributed by atoms with Gasteiger partial charge in [0.1, 0.15) is 12.1 Å². The maximum atomic E-state index is 12.3. The van der Waals surface area contributed by atoms with E-state index in [9.17, 15) is 4.79 Å². The fourth-order valence-corrected chi connectivity index (χ4v) is 2.31. The van der Waals surface area contributed by atoms with E-state index in [-0.39, 0.29) is 16.9 Å². The highest BCUT2D eigenvalue weighted by Gasteiger charge is 2.26. The van der Waals surface area contributed by atoms with Gasteiger partial charge in [-0.25, -0.2) is 4.68 Å². The van der Waals surface area contributed by atoms with Crippen molar-refractivity contribution in [2.45, 2.75) is 52.5 Å². The van der Waals surface area contributed by atoms with E-state index < -0.39 is 0 Å². The smallest absolute Gasteiger partial charge is 0.260 e. The van der Waals surface area contributed by atoms with Gasteiger partial charge in [-0.2, -0.15) is 5.10 Å². The van der Waals surface area contributed by atoms with E-state index in [0.29, 0.717) is 16.1 Å². The van der Waals surface area contributed by atoms with Gasteiger partial charge in [0.15, 0.2) is 4.67 Å². The van der Waals surface area contributed by atoms with Crippen LogP contribution in [0.1, 0.15) is 57.6 Å². The topological polar surface area (TPSA) is 60.1 Å². The lowest BCUT2D eigenvalue weighted by molar-refractivity contribution is 0.102. The number of nitrogens with zero attached hydrogens (tertiary/aromatic N) is 2. The lowest BCUT2D eigenvalue weighted by atomic mass is 9.92. The van der Waals surface area contributed by atoms with Crippen LogP contribution in [0.5, 0.6) is 0 Å². The summed E-state index contributed by atoms with van der Waals surface area (Å²) < 4.78 is 7.49. The molecule has 2 aromatic heterocycles. The molecule has 0 aliphatic rings. The van der Waals surface area contributed by atoms with Crippen LogP contribution < -0.4 is 5.32 Å². The standard InChI is InChI=1S/C16H22BrN3O2/c1-15(2,3)11-8-13(20(19-11)16(4,5)6)18-14(21)10-7-12(17)22-9-10/h7-9H,1-6H3,(H,18,21). The molecular formula is C16H22BrN3O2. The van der Waals surface area contributed by atoms with Gasteiger partial charge in [0.25, 0.3) is 5.91 Å². The van der Waals surface area contributed by atoms with Crippen LogP contribution in [0.2, 0.25) is 0 Å². The van der Waals surface area contributed by atoms with Gasteiger partial charge in [-0.1, -0.05) is 20.8 Å². The molecule has 0 saturated heterocycles. The monoisotopic (exact) mass is 367 g/mol. The minimum absolute atomic E-state index is 0.0886. The fourth-order valence-electron chi connectivity index (χ4n) is 1.97. The van der Waals surface area contributed by atoms with Gasteiger partial charge < -0.3 is 9.73 Å². The maximum Gasteiger partial charge on any atom is 0.260 e.